The van der Waals surface area contributed by atoms with Crippen molar-refractivity contribution < 1.29 is 27.6 Å². The number of anilines is 2. The third-order valence-electron chi connectivity index (χ3n) is 4.90. The van der Waals surface area contributed by atoms with Gasteiger partial charge in [-0.3, -0.25) is 14.7 Å². The molecule has 3 rings (SSSR count). The largest absolute Gasteiger partial charge is 0.324 e. The zero-order valence-electron chi connectivity index (χ0n) is 17.5. The summed E-state index contributed by atoms with van der Waals surface area (Å²) in [6.07, 6.45) is 1.95. The van der Waals surface area contributed by atoms with Gasteiger partial charge in [0.25, 0.3) is 10.2 Å². The van der Waals surface area contributed by atoms with Gasteiger partial charge in [0.15, 0.2) is 5.84 Å². The first-order valence-corrected chi connectivity index (χ1v) is 12.2. The first kappa shape index (κ1) is 25.5. The Morgan fingerprint density at radius 3 is 2.50 bits per heavy atom. The number of hydrogen-bond acceptors (Lipinski definition) is 7. The van der Waals surface area contributed by atoms with Crippen molar-refractivity contribution in [1.29, 1.82) is 0 Å². The normalized spacial score (nSPS) is 15.1. The lowest BCUT2D eigenvalue weighted by Crippen LogP contribution is -2.44. The minimum Gasteiger partial charge on any atom is -0.324 e. The predicted molar refractivity (Wildman–Crippen MR) is 125 cm³/mol. The van der Waals surface area contributed by atoms with Crippen molar-refractivity contribution in [3.8, 4) is 0 Å². The van der Waals surface area contributed by atoms with Gasteiger partial charge in [0.05, 0.1) is 22.0 Å². The summed E-state index contributed by atoms with van der Waals surface area (Å²) in [6.45, 7) is 0.559. The van der Waals surface area contributed by atoms with Crippen LogP contribution in [0.1, 0.15) is 12.8 Å². The number of hydroxylamine groups is 1. The van der Waals surface area contributed by atoms with Crippen molar-refractivity contribution in [2.24, 2.45) is 16.0 Å². The first-order valence-electron chi connectivity index (χ1n) is 9.86. The van der Waals surface area contributed by atoms with Gasteiger partial charge in [-0.2, -0.15) is 8.42 Å². The molecule has 34 heavy (non-hydrogen) atoms. The molecule has 6 N–H and O–H groups in total. The summed E-state index contributed by atoms with van der Waals surface area (Å²) in [6, 6.07) is 6.30. The van der Waals surface area contributed by atoms with E-state index in [0.717, 1.165) is 0 Å². The number of pyridine rings is 1. The van der Waals surface area contributed by atoms with Crippen LogP contribution in [-0.4, -0.2) is 54.2 Å². The van der Waals surface area contributed by atoms with E-state index in [1.54, 1.807) is 0 Å². The second kappa shape index (κ2) is 10.9. The molecule has 0 radical (unpaired) electrons. The number of hydrogen-bond donors (Lipinski definition) is 5. The maximum Gasteiger partial charge on any atom is 0.321 e. The van der Waals surface area contributed by atoms with Crippen LogP contribution in [0.2, 0.25) is 0 Å². The van der Waals surface area contributed by atoms with E-state index in [0.29, 0.717) is 18.5 Å². The van der Waals surface area contributed by atoms with E-state index in [9.17, 15) is 27.6 Å². The molecule has 1 aromatic carbocycles. The highest BCUT2D eigenvalue weighted by atomic mass is 79.9. The van der Waals surface area contributed by atoms with E-state index in [4.69, 9.17) is 5.14 Å². The number of carbonyl (C=O) groups excluding carboxylic acids is 2. The Morgan fingerprint density at radius 2 is 1.94 bits per heavy atom. The summed E-state index contributed by atoms with van der Waals surface area (Å²) in [5.41, 5.74) is 2.42. The highest BCUT2D eigenvalue weighted by Crippen LogP contribution is 2.24. The SMILES string of the molecule is NS(=O)(=O)Nc1ccc(NC(=O)N2CCC(C(=O)C(=Nc3ccc(F)c(Br)c3)NO)CC2)cn1. The van der Waals surface area contributed by atoms with Crippen LogP contribution in [0.5, 0.6) is 0 Å². The quantitative estimate of drug-likeness (QED) is 0.205. The molecule has 15 heteroatoms. The first-order chi connectivity index (χ1) is 16.1. The number of urea groups is 1. The molecule has 0 saturated carbocycles. The number of nitrogens with zero attached hydrogens (tertiary/aromatic N) is 3. The molecule has 182 valence electrons. The lowest BCUT2D eigenvalue weighted by molar-refractivity contribution is -0.118. The molecule has 2 heterocycles. The Hall–Kier alpha value is -3.14. The molecule has 2 aromatic rings. The van der Waals surface area contributed by atoms with E-state index in [1.807, 2.05) is 10.2 Å². The molecule has 1 fully saturated rings. The van der Waals surface area contributed by atoms with Crippen molar-refractivity contribution >= 4 is 61.0 Å². The average Bonchev–Trinajstić information content (AvgIpc) is 2.79. The second-order valence-electron chi connectivity index (χ2n) is 7.31. The molecular weight excluding hydrogens is 537 g/mol. The van der Waals surface area contributed by atoms with Gasteiger partial charge in [0, 0.05) is 19.0 Å². The number of benzene rings is 1. The van der Waals surface area contributed by atoms with Crippen LogP contribution >= 0.6 is 15.9 Å². The maximum atomic E-state index is 13.4. The molecule has 12 nitrogen and oxygen atoms in total. The number of ketones is 1. The van der Waals surface area contributed by atoms with E-state index in [2.05, 4.69) is 31.2 Å². The lowest BCUT2D eigenvalue weighted by atomic mass is 9.92. The van der Waals surface area contributed by atoms with Gasteiger partial charge in [0.2, 0.25) is 5.78 Å². The fourth-order valence-electron chi connectivity index (χ4n) is 3.23. The van der Waals surface area contributed by atoms with Gasteiger partial charge in [-0.05, 0) is 59.1 Å². The minimum atomic E-state index is -3.95. The van der Waals surface area contributed by atoms with Crippen LogP contribution in [0.4, 0.5) is 26.4 Å². The molecule has 1 aliphatic rings. The number of nitrogens with two attached hydrogens (primary N) is 1. The third-order valence-corrected chi connectivity index (χ3v) is 6.00. The van der Waals surface area contributed by atoms with Crippen LogP contribution in [0, 0.1) is 11.7 Å². The van der Waals surface area contributed by atoms with Crippen molar-refractivity contribution in [1.82, 2.24) is 15.4 Å². The van der Waals surface area contributed by atoms with Gasteiger partial charge < -0.3 is 10.2 Å². The third kappa shape index (κ3) is 6.93. The zero-order chi connectivity index (χ0) is 24.9. The monoisotopic (exact) mass is 557 g/mol. The number of aromatic nitrogens is 1. The topological polar surface area (TPSA) is 179 Å². The fourth-order valence-corrected chi connectivity index (χ4v) is 4.01. The number of amidine groups is 1. The van der Waals surface area contributed by atoms with Gasteiger partial charge >= 0.3 is 6.03 Å². The molecule has 1 aromatic heterocycles. The van der Waals surface area contributed by atoms with E-state index in [-0.39, 0.29) is 34.9 Å². The van der Waals surface area contributed by atoms with Gasteiger partial charge in [-0.25, -0.2) is 29.8 Å². The average molecular weight is 558 g/mol. The maximum absolute atomic E-state index is 13.4. The summed E-state index contributed by atoms with van der Waals surface area (Å²) < 4.78 is 37.6. The number of carbonyl (C=O) groups is 2. The van der Waals surface area contributed by atoms with Gasteiger partial charge in [-0.15, -0.1) is 0 Å². The Bertz CT molecular complexity index is 1200. The molecular formula is C19H21BrFN7O5S. The zero-order valence-corrected chi connectivity index (χ0v) is 19.9. The smallest absolute Gasteiger partial charge is 0.321 e. The molecule has 2 amide bonds. The summed E-state index contributed by atoms with van der Waals surface area (Å²) >= 11 is 3.04. The fraction of sp³-hybridized carbons (Fsp3) is 0.263. The number of nitrogens with one attached hydrogen (secondary N) is 3. The molecule has 0 bridgehead atoms. The highest BCUT2D eigenvalue weighted by molar-refractivity contribution is 9.10. The molecule has 0 unspecified atom stereocenters. The van der Waals surface area contributed by atoms with Crippen LogP contribution in [0.25, 0.3) is 0 Å². The molecule has 1 saturated heterocycles. The number of aliphatic imine (C=N–C) groups is 1. The number of piperidine rings is 1. The molecule has 0 atom stereocenters. The van der Waals surface area contributed by atoms with Gasteiger partial charge in [0.1, 0.15) is 11.6 Å². The van der Waals surface area contributed by atoms with Crippen molar-refractivity contribution in [3.63, 3.8) is 0 Å². The Labute approximate surface area is 202 Å². The molecule has 1 aliphatic heterocycles. The lowest BCUT2D eigenvalue weighted by Gasteiger charge is -2.31. The van der Waals surface area contributed by atoms with Crippen LogP contribution in [0.15, 0.2) is 46.0 Å². The predicted octanol–water partition coefficient (Wildman–Crippen LogP) is 2.12. The number of likely N-dealkylation sites (tertiary alicyclic amines) is 1. The van der Waals surface area contributed by atoms with Crippen molar-refractivity contribution in [2.75, 3.05) is 23.1 Å². The van der Waals surface area contributed by atoms with E-state index < -0.39 is 33.8 Å². The standard InChI is InChI=1S/C19H21BrFN7O5S/c20-14-9-12(1-3-15(14)21)24-18(26-31)17(29)11-5-7-28(8-6-11)19(30)25-13-2-4-16(23-10-13)27-34(22,32)33/h1-4,9-11,31H,5-8H2,(H,23,27)(H,24,26)(H,25,30)(H2,22,32,33). The number of rotatable bonds is 6. The summed E-state index contributed by atoms with van der Waals surface area (Å²) in [5, 5.41) is 16.9. The number of Topliss-reactive ketones (excluding diaryl/α,β-unsaturated/α-hetero) is 1. The van der Waals surface area contributed by atoms with E-state index in [1.165, 1.54) is 41.4 Å². The Kier molecular flexibility index (Phi) is 8.14. The van der Waals surface area contributed by atoms with Crippen LogP contribution < -0.4 is 20.7 Å². The minimum absolute atomic E-state index is 0.00258. The summed E-state index contributed by atoms with van der Waals surface area (Å²) in [5.74, 6) is -1.66. The summed E-state index contributed by atoms with van der Waals surface area (Å²) in [4.78, 5) is 34.7. The molecule has 0 aliphatic carbocycles. The number of amides is 2. The van der Waals surface area contributed by atoms with Gasteiger partial charge in [-0.1, -0.05) is 0 Å². The van der Waals surface area contributed by atoms with Crippen LogP contribution in [-0.2, 0) is 15.0 Å². The van der Waals surface area contributed by atoms with E-state index >= 15 is 0 Å². The van der Waals surface area contributed by atoms with Crippen LogP contribution in [0.3, 0.4) is 0 Å². The highest BCUT2D eigenvalue weighted by Gasteiger charge is 2.30. The Morgan fingerprint density at radius 1 is 1.24 bits per heavy atom. The Balaban J connectivity index is 1.56. The van der Waals surface area contributed by atoms with Crippen molar-refractivity contribution in [3.05, 3.63) is 46.8 Å². The number of halogens is 2. The second-order valence-corrected chi connectivity index (χ2v) is 9.45. The van der Waals surface area contributed by atoms with Crippen molar-refractivity contribution in [2.45, 2.75) is 12.8 Å². The molecule has 0 spiro atoms. The summed E-state index contributed by atoms with van der Waals surface area (Å²) in [7, 11) is -3.95.